The van der Waals surface area contributed by atoms with E-state index in [0.29, 0.717) is 12.1 Å². The lowest BCUT2D eigenvalue weighted by Gasteiger charge is -2.43. The number of hydrogen-bond donors (Lipinski definition) is 0. The summed E-state index contributed by atoms with van der Waals surface area (Å²) in [4.78, 5) is 16.1. The van der Waals surface area contributed by atoms with Crippen LogP contribution in [0.15, 0.2) is 0 Å². The van der Waals surface area contributed by atoms with Gasteiger partial charge in [-0.15, -0.1) is 0 Å². The van der Waals surface area contributed by atoms with Gasteiger partial charge in [-0.1, -0.05) is 0 Å². The smallest absolute Gasteiger partial charge is 0.251 e. The van der Waals surface area contributed by atoms with Crippen molar-refractivity contribution >= 4 is 5.91 Å². The summed E-state index contributed by atoms with van der Waals surface area (Å²) < 4.78 is 5.06. The van der Waals surface area contributed by atoms with Crippen LogP contribution in [0.25, 0.3) is 0 Å². The number of rotatable bonds is 2. The molecule has 1 heterocycles. The van der Waals surface area contributed by atoms with Gasteiger partial charge in [-0.2, -0.15) is 0 Å². The van der Waals surface area contributed by atoms with E-state index in [0.717, 1.165) is 13.1 Å². The molecule has 0 N–H and O–H groups in total. The Morgan fingerprint density at radius 1 is 1.33 bits per heavy atom. The summed E-state index contributed by atoms with van der Waals surface area (Å²) in [6.07, 6.45) is -0.326. The van der Waals surface area contributed by atoms with Crippen LogP contribution in [0.2, 0.25) is 0 Å². The van der Waals surface area contributed by atoms with Crippen molar-refractivity contribution in [1.82, 2.24) is 9.80 Å². The molecule has 3 unspecified atom stereocenters. The summed E-state index contributed by atoms with van der Waals surface area (Å²) in [5.74, 6) is 0.101. The van der Waals surface area contributed by atoms with E-state index in [1.54, 1.807) is 14.0 Å². The Labute approximate surface area is 92.2 Å². The van der Waals surface area contributed by atoms with Crippen LogP contribution in [0.4, 0.5) is 0 Å². The van der Waals surface area contributed by atoms with E-state index in [4.69, 9.17) is 4.74 Å². The molecule has 0 radical (unpaired) electrons. The maximum atomic E-state index is 11.9. The topological polar surface area (TPSA) is 32.8 Å². The molecule has 1 fully saturated rings. The SMILES string of the molecule is COC(C)C(=O)N1CC(C)N(C)C(C)C1. The second kappa shape index (κ2) is 4.94. The van der Waals surface area contributed by atoms with Crippen molar-refractivity contribution in [3.05, 3.63) is 0 Å². The quantitative estimate of drug-likeness (QED) is 0.674. The van der Waals surface area contributed by atoms with Gasteiger partial charge >= 0.3 is 0 Å². The highest BCUT2D eigenvalue weighted by Crippen LogP contribution is 2.14. The Bertz CT molecular complexity index is 221. The molecule has 4 nitrogen and oxygen atoms in total. The zero-order chi connectivity index (χ0) is 11.6. The monoisotopic (exact) mass is 214 g/mol. The third kappa shape index (κ3) is 2.69. The second-order valence-electron chi connectivity index (χ2n) is 4.48. The van der Waals surface area contributed by atoms with E-state index in [1.165, 1.54) is 0 Å². The lowest BCUT2D eigenvalue weighted by atomic mass is 10.1. The van der Waals surface area contributed by atoms with Gasteiger partial charge in [-0.25, -0.2) is 0 Å². The zero-order valence-corrected chi connectivity index (χ0v) is 10.4. The maximum absolute atomic E-state index is 11.9. The van der Waals surface area contributed by atoms with Crippen molar-refractivity contribution in [2.45, 2.75) is 39.0 Å². The third-order valence-electron chi connectivity index (χ3n) is 3.37. The Hall–Kier alpha value is -0.610. The van der Waals surface area contributed by atoms with Gasteiger partial charge in [0, 0.05) is 32.3 Å². The number of hydrogen-bond acceptors (Lipinski definition) is 3. The zero-order valence-electron chi connectivity index (χ0n) is 10.4. The minimum absolute atomic E-state index is 0.101. The summed E-state index contributed by atoms with van der Waals surface area (Å²) in [5, 5.41) is 0. The van der Waals surface area contributed by atoms with Gasteiger partial charge in [-0.05, 0) is 27.8 Å². The van der Waals surface area contributed by atoms with Gasteiger partial charge < -0.3 is 9.64 Å². The number of amides is 1. The van der Waals surface area contributed by atoms with E-state index >= 15 is 0 Å². The van der Waals surface area contributed by atoms with E-state index in [1.807, 2.05) is 4.90 Å². The summed E-state index contributed by atoms with van der Waals surface area (Å²) in [6, 6.07) is 0.837. The highest BCUT2D eigenvalue weighted by Gasteiger charge is 2.31. The first-order chi connectivity index (χ1) is 6.97. The van der Waals surface area contributed by atoms with Gasteiger partial charge in [-0.3, -0.25) is 9.69 Å². The van der Waals surface area contributed by atoms with E-state index in [9.17, 15) is 4.79 Å². The van der Waals surface area contributed by atoms with Crippen LogP contribution >= 0.6 is 0 Å². The van der Waals surface area contributed by atoms with Crippen LogP contribution in [0.5, 0.6) is 0 Å². The highest BCUT2D eigenvalue weighted by atomic mass is 16.5. The molecule has 1 rings (SSSR count). The van der Waals surface area contributed by atoms with Crippen LogP contribution in [0.3, 0.4) is 0 Å². The minimum Gasteiger partial charge on any atom is -0.372 e. The van der Waals surface area contributed by atoms with Crippen molar-refractivity contribution in [1.29, 1.82) is 0 Å². The molecule has 0 saturated carbocycles. The van der Waals surface area contributed by atoms with Crippen LogP contribution in [-0.2, 0) is 9.53 Å². The standard InChI is InChI=1S/C11H22N2O2/c1-8-6-13(7-9(2)12(8)4)11(14)10(3)15-5/h8-10H,6-7H2,1-5H3. The molecule has 4 heteroatoms. The van der Waals surface area contributed by atoms with Gasteiger partial charge in [0.05, 0.1) is 0 Å². The largest absolute Gasteiger partial charge is 0.372 e. The van der Waals surface area contributed by atoms with Crippen LogP contribution in [-0.4, -0.2) is 61.1 Å². The van der Waals surface area contributed by atoms with Crippen molar-refractivity contribution in [2.75, 3.05) is 27.2 Å². The number of likely N-dealkylation sites (N-methyl/N-ethyl adjacent to an activating group) is 1. The molecule has 0 aliphatic carbocycles. The Balaban J connectivity index is 2.61. The highest BCUT2D eigenvalue weighted by molar-refractivity contribution is 5.80. The molecular formula is C11H22N2O2. The van der Waals surface area contributed by atoms with E-state index < -0.39 is 0 Å². The molecule has 1 aliphatic rings. The predicted molar refractivity (Wildman–Crippen MR) is 59.7 cm³/mol. The van der Waals surface area contributed by atoms with Gasteiger partial charge in [0.1, 0.15) is 6.10 Å². The molecule has 0 aromatic heterocycles. The number of nitrogens with zero attached hydrogens (tertiary/aromatic N) is 2. The minimum atomic E-state index is -0.326. The number of ether oxygens (including phenoxy) is 1. The van der Waals surface area contributed by atoms with Crippen molar-refractivity contribution < 1.29 is 9.53 Å². The van der Waals surface area contributed by atoms with Crippen LogP contribution in [0.1, 0.15) is 20.8 Å². The fourth-order valence-electron chi connectivity index (χ4n) is 1.94. The molecule has 0 bridgehead atoms. The fourth-order valence-corrected chi connectivity index (χ4v) is 1.94. The van der Waals surface area contributed by atoms with E-state index in [-0.39, 0.29) is 12.0 Å². The molecule has 1 amide bonds. The summed E-state index contributed by atoms with van der Waals surface area (Å²) in [5.41, 5.74) is 0. The van der Waals surface area contributed by atoms with Crippen LogP contribution < -0.4 is 0 Å². The van der Waals surface area contributed by atoms with Gasteiger partial charge in [0.2, 0.25) is 0 Å². The fraction of sp³-hybridized carbons (Fsp3) is 0.909. The molecule has 0 aromatic rings. The molecule has 0 spiro atoms. The van der Waals surface area contributed by atoms with Crippen LogP contribution in [0, 0.1) is 0 Å². The lowest BCUT2D eigenvalue weighted by Crippen LogP contribution is -2.58. The molecular weight excluding hydrogens is 192 g/mol. The maximum Gasteiger partial charge on any atom is 0.251 e. The third-order valence-corrected chi connectivity index (χ3v) is 3.37. The summed E-state index contributed by atoms with van der Waals surface area (Å²) in [6.45, 7) is 7.69. The number of piperazine rings is 1. The van der Waals surface area contributed by atoms with Crippen molar-refractivity contribution in [3.63, 3.8) is 0 Å². The summed E-state index contributed by atoms with van der Waals surface area (Å²) in [7, 11) is 3.68. The average Bonchev–Trinajstić information content (AvgIpc) is 2.23. The molecule has 3 atom stereocenters. The average molecular weight is 214 g/mol. The molecule has 0 aromatic carbocycles. The second-order valence-corrected chi connectivity index (χ2v) is 4.48. The van der Waals surface area contributed by atoms with Crippen molar-refractivity contribution in [3.8, 4) is 0 Å². The van der Waals surface area contributed by atoms with Gasteiger partial charge in [0.25, 0.3) is 5.91 Å². The normalized spacial score (nSPS) is 30.3. The first-order valence-corrected chi connectivity index (χ1v) is 5.50. The Kier molecular flexibility index (Phi) is 4.11. The molecule has 1 aliphatic heterocycles. The van der Waals surface area contributed by atoms with E-state index in [2.05, 4.69) is 25.8 Å². The first kappa shape index (κ1) is 12.5. The van der Waals surface area contributed by atoms with Crippen molar-refractivity contribution in [2.24, 2.45) is 0 Å². The molecule has 1 saturated heterocycles. The number of carbonyl (C=O) groups is 1. The van der Waals surface area contributed by atoms with Gasteiger partial charge in [0.15, 0.2) is 0 Å². The summed E-state index contributed by atoms with van der Waals surface area (Å²) >= 11 is 0. The predicted octanol–water partition coefficient (Wildman–Crippen LogP) is 0.572. The Morgan fingerprint density at radius 3 is 2.20 bits per heavy atom. The lowest BCUT2D eigenvalue weighted by molar-refractivity contribution is -0.144. The number of methoxy groups -OCH3 is 1. The Morgan fingerprint density at radius 2 is 1.80 bits per heavy atom. The molecule has 88 valence electrons. The number of carbonyl (C=O) groups excluding carboxylic acids is 1. The first-order valence-electron chi connectivity index (χ1n) is 5.50. The molecule has 15 heavy (non-hydrogen) atoms.